The number of rotatable bonds is 8. The second kappa shape index (κ2) is 9.30. The van der Waals surface area contributed by atoms with Crippen molar-refractivity contribution in [3.63, 3.8) is 0 Å². The number of aromatic nitrogens is 4. The minimum Gasteiger partial charge on any atom is -0.398 e. The molecule has 2 aromatic heterocycles. The number of aromatic amines is 1. The summed E-state index contributed by atoms with van der Waals surface area (Å²) in [6.07, 6.45) is 0.736. The number of nitrogens with zero attached hydrogens (tertiary/aromatic N) is 4. The van der Waals surface area contributed by atoms with Crippen molar-refractivity contribution >= 4 is 22.5 Å². The summed E-state index contributed by atoms with van der Waals surface area (Å²) in [5, 5.41) is 20.9. The Labute approximate surface area is 177 Å². The van der Waals surface area contributed by atoms with Crippen molar-refractivity contribution < 1.29 is 5.11 Å². The zero-order valence-corrected chi connectivity index (χ0v) is 18.5. The largest absolute Gasteiger partial charge is 0.398 e. The molecule has 1 aromatic carbocycles. The van der Waals surface area contributed by atoms with E-state index in [1.165, 1.54) is 0 Å². The Hall–Kier alpha value is -2.87. The Kier molecular flexibility index (Phi) is 6.77. The van der Waals surface area contributed by atoms with Crippen LogP contribution in [0.2, 0.25) is 0 Å². The van der Waals surface area contributed by atoms with E-state index >= 15 is 0 Å². The summed E-state index contributed by atoms with van der Waals surface area (Å²) in [4.78, 5) is 9.60. The third-order valence-electron chi connectivity index (χ3n) is 5.24. The van der Waals surface area contributed by atoms with Gasteiger partial charge in [-0.05, 0) is 37.8 Å². The Morgan fingerprint density at radius 3 is 2.57 bits per heavy atom. The van der Waals surface area contributed by atoms with E-state index in [2.05, 4.69) is 47.8 Å². The molecule has 3 aromatic rings. The van der Waals surface area contributed by atoms with Gasteiger partial charge in [-0.15, -0.1) is 0 Å². The number of fused-ring (bicyclic) bond motifs is 1. The summed E-state index contributed by atoms with van der Waals surface area (Å²) < 4.78 is 2.11. The maximum Gasteiger partial charge on any atom is 0.227 e. The molecule has 1 atom stereocenters. The topological polar surface area (TPSA) is 117 Å². The summed E-state index contributed by atoms with van der Waals surface area (Å²) >= 11 is 0. The molecule has 0 aliphatic rings. The highest BCUT2D eigenvalue weighted by atomic mass is 16.3. The van der Waals surface area contributed by atoms with Crippen LogP contribution in [0.25, 0.3) is 11.0 Å². The normalized spacial score (nSPS) is 13.5. The lowest BCUT2D eigenvalue weighted by Gasteiger charge is -2.18. The van der Waals surface area contributed by atoms with E-state index in [1.54, 1.807) is 0 Å². The molecule has 0 saturated heterocycles. The number of nitrogens with one attached hydrogen (secondary N) is 2. The second-order valence-corrected chi connectivity index (χ2v) is 8.14. The third kappa shape index (κ3) is 4.33. The fraction of sp³-hybridized carbons (Fsp3) is 0.500. The fourth-order valence-electron chi connectivity index (χ4n) is 3.47. The highest BCUT2D eigenvalue weighted by Gasteiger charge is 2.20. The van der Waals surface area contributed by atoms with Gasteiger partial charge < -0.3 is 20.7 Å². The molecule has 0 bridgehead atoms. The average Bonchev–Trinajstić information content (AvgIpc) is 3.16. The summed E-state index contributed by atoms with van der Waals surface area (Å²) in [5.41, 5.74) is 11.2. The van der Waals surface area contributed by atoms with Crippen molar-refractivity contribution in [3.05, 3.63) is 41.1 Å². The summed E-state index contributed by atoms with van der Waals surface area (Å²) in [6.45, 7) is 11.0. The molecule has 8 nitrogen and oxygen atoms in total. The van der Waals surface area contributed by atoms with Crippen molar-refractivity contribution in [1.29, 1.82) is 0 Å². The van der Waals surface area contributed by atoms with Gasteiger partial charge in [-0.1, -0.05) is 39.0 Å². The molecule has 1 unspecified atom stereocenters. The molecule has 2 heterocycles. The van der Waals surface area contributed by atoms with Crippen molar-refractivity contribution in [2.24, 2.45) is 4.99 Å². The van der Waals surface area contributed by atoms with Gasteiger partial charge in [0.1, 0.15) is 0 Å². The van der Waals surface area contributed by atoms with Gasteiger partial charge in [-0.2, -0.15) is 10.1 Å². The molecule has 0 radical (unpaired) electrons. The number of nitrogen functional groups attached to an aromatic ring is 1. The van der Waals surface area contributed by atoms with Crippen molar-refractivity contribution in [3.8, 4) is 0 Å². The summed E-state index contributed by atoms with van der Waals surface area (Å²) in [7, 11) is 0. The Balaban J connectivity index is 2.22. The number of aliphatic hydroxyl groups excluding tert-OH is 1. The number of benzene rings is 1. The lowest BCUT2D eigenvalue weighted by Crippen LogP contribution is -2.30. The number of aliphatic hydroxyl groups is 1. The van der Waals surface area contributed by atoms with E-state index in [0.717, 1.165) is 34.4 Å². The SMILES string of the molecule is CCC(CO)N=c1nc(NCc2ccccc2N)c2n[nH]c(C(C)C)c2n1C(C)C. The van der Waals surface area contributed by atoms with E-state index in [1.807, 2.05) is 31.2 Å². The quantitative estimate of drug-likeness (QED) is 0.424. The van der Waals surface area contributed by atoms with Crippen molar-refractivity contribution in [1.82, 2.24) is 19.7 Å². The van der Waals surface area contributed by atoms with Crippen LogP contribution >= 0.6 is 0 Å². The molecular formula is C22H33N7O. The number of hydrogen-bond donors (Lipinski definition) is 4. The van der Waals surface area contributed by atoms with Crippen LogP contribution in [0.4, 0.5) is 11.5 Å². The summed E-state index contributed by atoms with van der Waals surface area (Å²) in [5.74, 6) is 0.910. The third-order valence-corrected chi connectivity index (χ3v) is 5.24. The van der Waals surface area contributed by atoms with Gasteiger partial charge in [0.05, 0.1) is 23.9 Å². The molecule has 0 fully saturated rings. The van der Waals surface area contributed by atoms with E-state index in [9.17, 15) is 5.11 Å². The molecule has 0 spiro atoms. The van der Waals surface area contributed by atoms with Gasteiger partial charge in [-0.3, -0.25) is 5.10 Å². The Morgan fingerprint density at radius 2 is 1.97 bits per heavy atom. The van der Waals surface area contributed by atoms with Gasteiger partial charge in [-0.25, -0.2) is 4.99 Å². The van der Waals surface area contributed by atoms with Crippen LogP contribution in [0.15, 0.2) is 29.3 Å². The van der Waals surface area contributed by atoms with E-state index in [0.29, 0.717) is 18.0 Å². The van der Waals surface area contributed by atoms with Gasteiger partial charge in [0, 0.05) is 18.3 Å². The van der Waals surface area contributed by atoms with Crippen LogP contribution in [0.1, 0.15) is 64.3 Å². The van der Waals surface area contributed by atoms with Crippen LogP contribution in [-0.2, 0) is 6.54 Å². The predicted molar refractivity (Wildman–Crippen MR) is 121 cm³/mol. The van der Waals surface area contributed by atoms with Crippen LogP contribution in [0.3, 0.4) is 0 Å². The molecule has 0 amide bonds. The van der Waals surface area contributed by atoms with Gasteiger partial charge >= 0.3 is 0 Å². The van der Waals surface area contributed by atoms with Crippen LogP contribution in [-0.4, -0.2) is 37.5 Å². The first-order valence-electron chi connectivity index (χ1n) is 10.6. The average molecular weight is 412 g/mol. The molecule has 30 heavy (non-hydrogen) atoms. The van der Waals surface area contributed by atoms with E-state index < -0.39 is 0 Å². The molecule has 0 saturated carbocycles. The smallest absolute Gasteiger partial charge is 0.227 e. The number of para-hydroxylation sites is 1. The molecule has 162 valence electrons. The maximum absolute atomic E-state index is 9.71. The Bertz CT molecular complexity index is 1060. The highest BCUT2D eigenvalue weighted by Crippen LogP contribution is 2.28. The zero-order chi connectivity index (χ0) is 21.8. The molecule has 5 N–H and O–H groups in total. The first-order chi connectivity index (χ1) is 14.4. The number of nitrogens with two attached hydrogens (primary N) is 1. The molecular weight excluding hydrogens is 378 g/mol. The molecule has 8 heteroatoms. The fourth-order valence-corrected chi connectivity index (χ4v) is 3.47. The van der Waals surface area contributed by atoms with E-state index in [4.69, 9.17) is 15.7 Å². The first kappa shape index (κ1) is 21.8. The van der Waals surface area contributed by atoms with Gasteiger partial charge in [0.2, 0.25) is 5.62 Å². The standard InChI is InChI=1S/C22H33N7O/c1-6-16(12-30)25-22-26-21(24-11-15-9-7-8-10-17(15)23)19-20(29(22)14(4)5)18(13(2)3)27-28-19/h7-10,13-14,16,30H,6,11-12,23H2,1-5H3,(H,27,28)(H,24,25,26). The molecule has 3 rings (SSSR count). The van der Waals surface area contributed by atoms with Crippen LogP contribution in [0, 0.1) is 0 Å². The number of hydrogen-bond acceptors (Lipinski definition) is 6. The monoisotopic (exact) mass is 411 g/mol. The van der Waals surface area contributed by atoms with Gasteiger partial charge in [0.25, 0.3) is 0 Å². The first-order valence-corrected chi connectivity index (χ1v) is 10.6. The van der Waals surface area contributed by atoms with E-state index in [-0.39, 0.29) is 24.6 Å². The molecule has 0 aliphatic heterocycles. The minimum absolute atomic E-state index is 0.0138. The summed E-state index contributed by atoms with van der Waals surface area (Å²) in [6, 6.07) is 7.69. The van der Waals surface area contributed by atoms with Crippen LogP contribution < -0.4 is 16.7 Å². The number of H-pyrrole nitrogens is 1. The van der Waals surface area contributed by atoms with Crippen LogP contribution in [0.5, 0.6) is 0 Å². The predicted octanol–water partition coefficient (Wildman–Crippen LogP) is 3.33. The second-order valence-electron chi connectivity index (χ2n) is 8.14. The Morgan fingerprint density at radius 1 is 1.23 bits per heavy atom. The number of anilines is 2. The lowest BCUT2D eigenvalue weighted by atomic mass is 10.1. The lowest BCUT2D eigenvalue weighted by molar-refractivity contribution is 0.260. The minimum atomic E-state index is -0.202. The highest BCUT2D eigenvalue weighted by molar-refractivity contribution is 5.87. The zero-order valence-electron chi connectivity index (χ0n) is 18.5. The maximum atomic E-state index is 9.71. The molecule has 0 aliphatic carbocycles. The van der Waals surface area contributed by atoms with Gasteiger partial charge in [0.15, 0.2) is 11.3 Å². The van der Waals surface area contributed by atoms with Crippen molar-refractivity contribution in [2.45, 2.75) is 65.6 Å². The van der Waals surface area contributed by atoms with Crippen molar-refractivity contribution in [2.75, 3.05) is 17.7 Å².